The van der Waals surface area contributed by atoms with Crippen molar-refractivity contribution in [2.24, 2.45) is 5.41 Å². The molecule has 1 aliphatic rings. The monoisotopic (exact) mass is 541 g/mol. The van der Waals surface area contributed by atoms with Crippen LogP contribution >= 0.6 is 0 Å². The maximum atomic E-state index is 13.2. The van der Waals surface area contributed by atoms with Crippen LogP contribution in [-0.4, -0.2) is 41.0 Å². The van der Waals surface area contributed by atoms with Gasteiger partial charge in [-0.05, 0) is 67.4 Å². The average molecular weight is 542 g/mol. The summed E-state index contributed by atoms with van der Waals surface area (Å²) in [5.74, 6) is 0.745. The highest BCUT2D eigenvalue weighted by Crippen LogP contribution is 2.47. The number of hydrogen-bond acceptors (Lipinski definition) is 7. The van der Waals surface area contributed by atoms with E-state index in [1.165, 1.54) is 30.6 Å². The maximum absolute atomic E-state index is 13.2. The molecule has 6 rings (SSSR count). The molecule has 2 heterocycles. The second-order valence-corrected chi connectivity index (χ2v) is 9.40. The number of nitrogens with one attached hydrogen (secondary N) is 3. The van der Waals surface area contributed by atoms with Crippen LogP contribution in [0.15, 0.2) is 67.0 Å². The van der Waals surface area contributed by atoms with E-state index in [0.29, 0.717) is 58.4 Å². The van der Waals surface area contributed by atoms with E-state index in [2.05, 4.69) is 25.6 Å². The number of carbonyl (C=O) groups is 2. The van der Waals surface area contributed by atoms with Crippen molar-refractivity contribution in [2.75, 3.05) is 24.9 Å². The molecule has 1 aliphatic carbocycles. The summed E-state index contributed by atoms with van der Waals surface area (Å²) in [5, 5.41) is 6.34. The van der Waals surface area contributed by atoms with Crippen molar-refractivity contribution in [1.82, 2.24) is 15.0 Å². The second-order valence-electron chi connectivity index (χ2n) is 9.40. The summed E-state index contributed by atoms with van der Waals surface area (Å²) in [5.41, 5.74) is 1.84. The molecule has 1 fully saturated rings. The number of halogens is 1. The van der Waals surface area contributed by atoms with Gasteiger partial charge in [-0.25, -0.2) is 9.37 Å². The van der Waals surface area contributed by atoms with Crippen LogP contribution in [0.1, 0.15) is 12.8 Å². The van der Waals surface area contributed by atoms with Gasteiger partial charge in [-0.1, -0.05) is 0 Å². The number of carbonyl (C=O) groups excluding carboxylic acids is 2. The lowest BCUT2D eigenvalue weighted by Gasteiger charge is -2.16. The highest BCUT2D eigenvalue weighted by atomic mass is 19.1. The van der Waals surface area contributed by atoms with Crippen LogP contribution < -0.4 is 24.8 Å². The van der Waals surface area contributed by atoms with Crippen LogP contribution in [-0.2, 0) is 9.59 Å². The molecule has 0 atom stereocenters. The Morgan fingerprint density at radius 1 is 0.875 bits per heavy atom. The summed E-state index contributed by atoms with van der Waals surface area (Å²) >= 11 is 0. The van der Waals surface area contributed by atoms with Crippen molar-refractivity contribution in [2.45, 2.75) is 12.8 Å². The van der Waals surface area contributed by atoms with E-state index in [1.54, 1.807) is 38.5 Å². The van der Waals surface area contributed by atoms with Crippen LogP contribution in [0.25, 0.3) is 21.9 Å². The molecule has 11 heteroatoms. The Bertz CT molecular complexity index is 1750. The summed E-state index contributed by atoms with van der Waals surface area (Å²) in [7, 11) is 3.14. The van der Waals surface area contributed by atoms with Gasteiger partial charge in [-0.3, -0.25) is 9.59 Å². The number of methoxy groups -OCH3 is 2. The van der Waals surface area contributed by atoms with E-state index >= 15 is 0 Å². The molecule has 3 aromatic carbocycles. The van der Waals surface area contributed by atoms with E-state index in [9.17, 15) is 14.0 Å². The van der Waals surface area contributed by atoms with E-state index < -0.39 is 23.0 Å². The van der Waals surface area contributed by atoms with Gasteiger partial charge in [0.05, 0.1) is 19.7 Å². The fourth-order valence-corrected chi connectivity index (χ4v) is 4.51. The number of anilines is 2. The molecule has 0 unspecified atom stereocenters. The Kier molecular flexibility index (Phi) is 6.18. The Hall–Kier alpha value is -5.19. The Labute approximate surface area is 227 Å². The standard InChI is InChI=1S/C29H24FN5O5/c1-38-22-13-20-21(14-23(22)39-2)35-25-24(20)31-15-32-26(25)40-19-9-7-18(8-10-19)34-28(37)29(11-12-29)27(36)33-17-5-3-16(30)4-6-17/h3-10,13-15,35H,11-12H2,1-2H3,(H,33,36)(H,34,37). The minimum absolute atomic E-state index is 0.324. The number of ether oxygens (including phenoxy) is 3. The molecule has 2 amide bonds. The van der Waals surface area contributed by atoms with Crippen LogP contribution in [0.3, 0.4) is 0 Å². The maximum Gasteiger partial charge on any atom is 0.247 e. The number of hydrogen-bond donors (Lipinski definition) is 3. The molecule has 3 N–H and O–H groups in total. The molecular formula is C29H24FN5O5. The van der Waals surface area contributed by atoms with Gasteiger partial charge in [0.25, 0.3) is 0 Å². The molecule has 10 nitrogen and oxygen atoms in total. The highest BCUT2D eigenvalue weighted by molar-refractivity contribution is 6.17. The first-order valence-corrected chi connectivity index (χ1v) is 12.4. The third-order valence-corrected chi connectivity index (χ3v) is 6.90. The predicted molar refractivity (Wildman–Crippen MR) is 146 cm³/mol. The number of amides is 2. The van der Waals surface area contributed by atoms with Gasteiger partial charge >= 0.3 is 0 Å². The highest BCUT2D eigenvalue weighted by Gasteiger charge is 2.56. The van der Waals surface area contributed by atoms with Crippen molar-refractivity contribution >= 4 is 45.1 Å². The lowest BCUT2D eigenvalue weighted by Crippen LogP contribution is -2.35. The molecule has 1 saturated carbocycles. The minimum Gasteiger partial charge on any atom is -0.493 e. The zero-order valence-corrected chi connectivity index (χ0v) is 21.6. The summed E-state index contributed by atoms with van der Waals surface area (Å²) in [6.45, 7) is 0. The van der Waals surface area contributed by atoms with E-state index in [1.807, 2.05) is 12.1 Å². The zero-order chi connectivity index (χ0) is 27.9. The lowest BCUT2D eigenvalue weighted by atomic mass is 10.0. The van der Waals surface area contributed by atoms with Crippen molar-refractivity contribution < 1.29 is 28.2 Å². The van der Waals surface area contributed by atoms with Gasteiger partial charge in [-0.15, -0.1) is 0 Å². The fourth-order valence-electron chi connectivity index (χ4n) is 4.51. The average Bonchev–Trinajstić information content (AvgIpc) is 3.71. The first-order chi connectivity index (χ1) is 19.4. The van der Waals surface area contributed by atoms with E-state index in [4.69, 9.17) is 14.2 Å². The van der Waals surface area contributed by atoms with Crippen molar-refractivity contribution in [3.05, 3.63) is 72.8 Å². The van der Waals surface area contributed by atoms with Crippen LogP contribution in [0.5, 0.6) is 23.1 Å². The molecular weight excluding hydrogens is 517 g/mol. The number of H-pyrrole nitrogens is 1. The number of benzene rings is 3. The molecule has 0 saturated heterocycles. The van der Waals surface area contributed by atoms with Crippen molar-refractivity contribution in [1.29, 1.82) is 0 Å². The van der Waals surface area contributed by atoms with Crippen LogP contribution in [0, 0.1) is 11.2 Å². The topological polar surface area (TPSA) is 127 Å². The number of fused-ring (bicyclic) bond motifs is 3. The van der Waals surface area contributed by atoms with Gasteiger partial charge in [0.1, 0.15) is 34.3 Å². The smallest absolute Gasteiger partial charge is 0.247 e. The minimum atomic E-state index is -1.16. The summed E-state index contributed by atoms with van der Waals surface area (Å²) < 4.78 is 30.0. The summed E-state index contributed by atoms with van der Waals surface area (Å²) in [6, 6.07) is 15.8. The molecule has 2 aromatic heterocycles. The number of rotatable bonds is 8. The molecule has 0 radical (unpaired) electrons. The number of aromatic amines is 1. The Morgan fingerprint density at radius 3 is 2.08 bits per heavy atom. The molecule has 0 spiro atoms. The number of aromatic nitrogens is 3. The first kappa shape index (κ1) is 25.1. The van der Waals surface area contributed by atoms with Crippen LogP contribution in [0.4, 0.5) is 15.8 Å². The zero-order valence-electron chi connectivity index (χ0n) is 21.6. The van der Waals surface area contributed by atoms with Gasteiger partial charge < -0.3 is 29.8 Å². The summed E-state index contributed by atoms with van der Waals surface area (Å²) in [4.78, 5) is 37.8. The van der Waals surface area contributed by atoms with Gasteiger partial charge in [0.2, 0.25) is 17.7 Å². The van der Waals surface area contributed by atoms with Crippen LogP contribution in [0.2, 0.25) is 0 Å². The third-order valence-electron chi connectivity index (χ3n) is 6.90. The van der Waals surface area contributed by atoms with Gasteiger partial charge in [0.15, 0.2) is 11.5 Å². The molecule has 40 heavy (non-hydrogen) atoms. The van der Waals surface area contributed by atoms with Gasteiger partial charge in [0, 0.05) is 22.8 Å². The normalized spacial score (nSPS) is 13.6. The van der Waals surface area contributed by atoms with Gasteiger partial charge in [-0.2, -0.15) is 4.98 Å². The third kappa shape index (κ3) is 4.51. The molecule has 202 valence electrons. The number of nitrogens with zero attached hydrogens (tertiary/aromatic N) is 2. The quantitative estimate of drug-likeness (QED) is 0.224. The van der Waals surface area contributed by atoms with Crippen molar-refractivity contribution in [3.63, 3.8) is 0 Å². The molecule has 5 aromatic rings. The predicted octanol–water partition coefficient (Wildman–Crippen LogP) is 5.42. The van der Waals surface area contributed by atoms with E-state index in [0.717, 1.165) is 10.9 Å². The Morgan fingerprint density at radius 2 is 1.48 bits per heavy atom. The first-order valence-electron chi connectivity index (χ1n) is 12.4. The fraction of sp³-hybridized carbons (Fsp3) is 0.172. The summed E-state index contributed by atoms with van der Waals surface area (Å²) in [6.07, 6.45) is 2.28. The lowest BCUT2D eigenvalue weighted by molar-refractivity contribution is -0.131. The Balaban J connectivity index is 1.17. The largest absolute Gasteiger partial charge is 0.493 e. The van der Waals surface area contributed by atoms with E-state index in [-0.39, 0.29) is 0 Å². The van der Waals surface area contributed by atoms with Crippen molar-refractivity contribution in [3.8, 4) is 23.1 Å². The molecule has 0 bridgehead atoms. The molecule has 0 aliphatic heterocycles. The second kappa shape index (κ2) is 9.84. The SMILES string of the molecule is COc1cc2[nH]c3c(Oc4ccc(NC(=O)C5(C(=O)Nc6ccc(F)cc6)CC5)cc4)ncnc3c2cc1OC.